The number of nitriles is 1. The molecule has 0 spiro atoms. The summed E-state index contributed by atoms with van der Waals surface area (Å²) in [5.74, 6) is 0.681. The Balaban J connectivity index is 2.09. The summed E-state index contributed by atoms with van der Waals surface area (Å²) in [7, 11) is -1.42. The van der Waals surface area contributed by atoms with Gasteiger partial charge in [-0.05, 0) is 48.6 Å². The summed E-state index contributed by atoms with van der Waals surface area (Å²) >= 11 is 0. The van der Waals surface area contributed by atoms with Gasteiger partial charge in [0.1, 0.15) is 5.75 Å². The first-order valence-corrected chi connectivity index (χ1v) is 8.19. The van der Waals surface area contributed by atoms with Crippen molar-refractivity contribution < 1.29 is 13.2 Å². The molecule has 20 heavy (non-hydrogen) atoms. The van der Waals surface area contributed by atoms with E-state index >= 15 is 0 Å². The molecule has 0 aliphatic carbocycles. The van der Waals surface area contributed by atoms with Crippen LogP contribution in [0.3, 0.4) is 0 Å². The van der Waals surface area contributed by atoms with E-state index in [4.69, 9.17) is 4.74 Å². The van der Waals surface area contributed by atoms with Gasteiger partial charge in [-0.3, -0.25) is 0 Å². The second kappa shape index (κ2) is 4.64. The maximum Gasteiger partial charge on any atom is 0.159 e. The number of benzene rings is 1. The lowest BCUT2D eigenvalue weighted by Gasteiger charge is -2.21. The zero-order valence-electron chi connectivity index (χ0n) is 11.2. The topological polar surface area (TPSA) is 67.2 Å². The molecule has 0 amide bonds. The van der Waals surface area contributed by atoms with Crippen LogP contribution in [0.1, 0.15) is 30.4 Å². The molecule has 0 radical (unpaired) electrons. The highest BCUT2D eigenvalue weighted by molar-refractivity contribution is 7.93. The largest absolute Gasteiger partial charge is 0.497 e. The minimum absolute atomic E-state index is 0.287. The lowest BCUT2D eigenvalue weighted by molar-refractivity contribution is 0.414. The van der Waals surface area contributed by atoms with Crippen molar-refractivity contribution in [2.45, 2.75) is 29.8 Å². The fraction of sp³-hybridized carbons (Fsp3) is 0.400. The van der Waals surface area contributed by atoms with E-state index in [9.17, 15) is 13.7 Å². The van der Waals surface area contributed by atoms with Gasteiger partial charge >= 0.3 is 0 Å². The quantitative estimate of drug-likeness (QED) is 0.838. The summed E-state index contributed by atoms with van der Waals surface area (Å²) in [6.45, 7) is 0. The molecule has 0 saturated carbocycles. The van der Waals surface area contributed by atoms with E-state index < -0.39 is 9.84 Å². The third kappa shape index (κ3) is 1.92. The van der Waals surface area contributed by atoms with Crippen molar-refractivity contribution in [1.29, 1.82) is 5.26 Å². The van der Waals surface area contributed by atoms with Crippen molar-refractivity contribution in [2.24, 2.45) is 0 Å². The predicted molar refractivity (Wildman–Crippen MR) is 76.0 cm³/mol. The van der Waals surface area contributed by atoms with E-state index in [-0.39, 0.29) is 10.5 Å². The molecule has 1 saturated heterocycles. The van der Waals surface area contributed by atoms with Crippen molar-refractivity contribution in [3.05, 3.63) is 35.4 Å². The maximum atomic E-state index is 12.1. The average molecular weight is 289 g/mol. The maximum absolute atomic E-state index is 12.1. The van der Waals surface area contributed by atoms with Crippen LogP contribution in [0.5, 0.6) is 5.75 Å². The number of sulfone groups is 1. The molecule has 2 aliphatic rings. The Morgan fingerprint density at radius 2 is 2.15 bits per heavy atom. The first-order valence-electron chi connectivity index (χ1n) is 6.58. The number of allylic oxidation sites excluding steroid dienone is 1. The molecule has 2 atom stereocenters. The number of nitrogens with zero attached hydrogens (tertiary/aromatic N) is 1. The minimum Gasteiger partial charge on any atom is -0.497 e. The highest BCUT2D eigenvalue weighted by Gasteiger charge is 2.43. The van der Waals surface area contributed by atoms with Gasteiger partial charge in [0.25, 0.3) is 0 Å². The molecule has 2 aliphatic heterocycles. The van der Waals surface area contributed by atoms with Crippen LogP contribution in [0.15, 0.2) is 24.3 Å². The van der Waals surface area contributed by atoms with Gasteiger partial charge in [-0.25, -0.2) is 8.42 Å². The number of methoxy groups -OCH3 is 1. The molecular weight excluding hydrogens is 274 g/mol. The van der Waals surface area contributed by atoms with E-state index in [1.165, 1.54) is 0 Å². The van der Waals surface area contributed by atoms with Crippen LogP contribution in [-0.4, -0.2) is 26.0 Å². The first kappa shape index (κ1) is 13.2. The number of hydrogen-bond donors (Lipinski definition) is 0. The van der Waals surface area contributed by atoms with E-state index in [0.29, 0.717) is 24.2 Å². The van der Waals surface area contributed by atoms with Gasteiger partial charge in [-0.2, -0.15) is 5.26 Å². The Morgan fingerprint density at radius 3 is 2.80 bits per heavy atom. The zero-order valence-corrected chi connectivity index (χ0v) is 12.0. The van der Waals surface area contributed by atoms with E-state index in [0.717, 1.165) is 17.6 Å². The molecule has 0 aromatic heterocycles. The molecule has 1 aromatic rings. The van der Waals surface area contributed by atoms with Crippen molar-refractivity contribution >= 4 is 15.4 Å². The standard InChI is InChI=1S/C15H15NO3S/c1-19-12-3-2-10(9-16)15(8-12)11-6-13-4-5-14(7-11)20(13,17)18/h2-3,6,8,13-14H,4-5,7H2,1H3. The second-order valence-corrected chi connectivity index (χ2v) is 7.70. The minimum atomic E-state index is -3.00. The Labute approximate surface area is 118 Å². The molecule has 0 N–H and O–H groups in total. The van der Waals surface area contributed by atoms with Crippen molar-refractivity contribution in [1.82, 2.24) is 0 Å². The van der Waals surface area contributed by atoms with Gasteiger partial charge in [0, 0.05) is 0 Å². The van der Waals surface area contributed by atoms with Gasteiger partial charge in [0.2, 0.25) is 0 Å². The normalized spacial score (nSPS) is 26.7. The van der Waals surface area contributed by atoms with Crippen LogP contribution in [0.4, 0.5) is 0 Å². The molecule has 3 rings (SSSR count). The molecule has 2 unspecified atom stereocenters. The summed E-state index contributed by atoms with van der Waals surface area (Å²) in [4.78, 5) is 0. The van der Waals surface area contributed by atoms with Crippen LogP contribution in [0, 0.1) is 11.3 Å². The molecular formula is C15H15NO3S. The molecule has 1 fully saturated rings. The Hall–Kier alpha value is -1.80. The van der Waals surface area contributed by atoms with Crippen LogP contribution >= 0.6 is 0 Å². The summed E-state index contributed by atoms with van der Waals surface area (Å²) in [5, 5.41) is 8.56. The lowest BCUT2D eigenvalue weighted by Crippen LogP contribution is -2.26. The Kier molecular flexibility index (Phi) is 3.06. The third-order valence-electron chi connectivity index (χ3n) is 4.19. The summed E-state index contributed by atoms with van der Waals surface area (Å²) in [5.41, 5.74) is 2.33. The van der Waals surface area contributed by atoms with Gasteiger partial charge in [0.15, 0.2) is 9.84 Å². The predicted octanol–water partition coefficient (Wildman–Crippen LogP) is 2.30. The smallest absolute Gasteiger partial charge is 0.159 e. The van der Waals surface area contributed by atoms with Gasteiger partial charge in [-0.1, -0.05) is 6.08 Å². The molecule has 5 heteroatoms. The van der Waals surface area contributed by atoms with Crippen LogP contribution in [-0.2, 0) is 9.84 Å². The van der Waals surface area contributed by atoms with Gasteiger partial charge < -0.3 is 4.74 Å². The third-order valence-corrected chi connectivity index (χ3v) is 6.73. The number of hydrogen-bond acceptors (Lipinski definition) is 4. The highest BCUT2D eigenvalue weighted by Crippen LogP contribution is 2.41. The van der Waals surface area contributed by atoms with Gasteiger partial charge in [-0.15, -0.1) is 0 Å². The summed E-state index contributed by atoms with van der Waals surface area (Å²) < 4.78 is 29.4. The van der Waals surface area contributed by atoms with Crippen LogP contribution < -0.4 is 4.74 Å². The van der Waals surface area contributed by atoms with E-state index in [1.807, 2.05) is 12.1 Å². The summed E-state index contributed by atoms with van der Waals surface area (Å²) in [6.07, 6.45) is 3.75. The Bertz CT molecular complexity index is 728. The molecule has 104 valence electrons. The fourth-order valence-corrected chi connectivity index (χ4v) is 5.26. The molecule has 1 aromatic carbocycles. The number of rotatable bonds is 2. The van der Waals surface area contributed by atoms with Crippen molar-refractivity contribution in [2.75, 3.05) is 7.11 Å². The Morgan fingerprint density at radius 1 is 1.35 bits per heavy atom. The van der Waals surface area contributed by atoms with Crippen LogP contribution in [0.2, 0.25) is 0 Å². The first-order chi connectivity index (χ1) is 9.56. The fourth-order valence-electron chi connectivity index (χ4n) is 3.07. The van der Waals surface area contributed by atoms with E-state index in [1.54, 1.807) is 19.2 Å². The SMILES string of the molecule is COc1ccc(C#N)c(C2=CC3CCC(C2)S3(=O)=O)c1. The van der Waals surface area contributed by atoms with Gasteiger partial charge in [0.05, 0.1) is 29.2 Å². The highest BCUT2D eigenvalue weighted by atomic mass is 32.2. The van der Waals surface area contributed by atoms with Crippen molar-refractivity contribution in [3.63, 3.8) is 0 Å². The molecule has 2 heterocycles. The lowest BCUT2D eigenvalue weighted by atomic mass is 9.96. The molecule has 4 nitrogen and oxygen atoms in total. The summed E-state index contributed by atoms with van der Waals surface area (Å²) in [6, 6.07) is 7.46. The second-order valence-electron chi connectivity index (χ2n) is 5.25. The number of fused-ring (bicyclic) bond motifs is 2. The number of ether oxygens (including phenoxy) is 1. The van der Waals surface area contributed by atoms with Crippen molar-refractivity contribution in [3.8, 4) is 11.8 Å². The van der Waals surface area contributed by atoms with E-state index in [2.05, 4.69) is 6.07 Å². The van der Waals surface area contributed by atoms with Crippen LogP contribution in [0.25, 0.3) is 5.57 Å². The average Bonchev–Trinajstić information content (AvgIpc) is 2.66. The monoisotopic (exact) mass is 289 g/mol. The molecule has 2 bridgehead atoms. The zero-order chi connectivity index (χ0) is 14.3.